The zero-order chi connectivity index (χ0) is 26.3. The van der Waals surface area contributed by atoms with Crippen LogP contribution in [0.15, 0.2) is 0 Å². The molecular weight excluding hydrogens is 488 g/mol. The van der Waals surface area contributed by atoms with E-state index in [1.54, 1.807) is 13.2 Å². The van der Waals surface area contributed by atoms with Crippen molar-refractivity contribution in [2.75, 3.05) is 24.3 Å². The molecule has 7 N–H and O–H groups in total. The number of hydrogen-bond donors (Lipinski definition) is 7. The average molecular weight is 525 g/mol. The normalized spacial score (nSPS) is 15.4. The number of likely N-dealkylation sites (N-methyl/N-ethyl adjacent to an activating group) is 1. The molecule has 0 aromatic carbocycles. The van der Waals surface area contributed by atoms with E-state index in [-0.39, 0.29) is 24.4 Å². The summed E-state index contributed by atoms with van der Waals surface area (Å²) < 4.78 is 2.83. The fourth-order valence-electron chi connectivity index (χ4n) is 2.80. The molecule has 0 rings (SSSR count). The van der Waals surface area contributed by atoms with Crippen LogP contribution in [-0.2, 0) is 24.0 Å². The molecule has 0 fully saturated rings. The van der Waals surface area contributed by atoms with Crippen LogP contribution >= 0.6 is 23.7 Å². The number of carbonyl (C=O) groups excluding carboxylic acids is 3. The average Bonchev–Trinajstić information content (AvgIpc) is 2.74. The SMILES string of the molecule is CCN[C@@H](CCSC[C@H](NC(=O)[C@H](CCC(=O)O)NSC)C(C)=O)C(=O)N[C@H](C(=O)O)[C@@H](C)O. The molecule has 5 atom stereocenters. The maximum Gasteiger partial charge on any atom is 0.328 e. The van der Waals surface area contributed by atoms with Gasteiger partial charge in [0, 0.05) is 12.2 Å². The van der Waals surface area contributed by atoms with Crippen molar-refractivity contribution < 1.29 is 39.3 Å². The molecule has 0 bridgehead atoms. The summed E-state index contributed by atoms with van der Waals surface area (Å²) in [7, 11) is 0. The first-order valence-electron chi connectivity index (χ1n) is 10.8. The summed E-state index contributed by atoms with van der Waals surface area (Å²) >= 11 is 2.51. The molecule has 0 aromatic heterocycles. The Morgan fingerprint density at radius 1 is 0.941 bits per heavy atom. The number of aliphatic carboxylic acids is 2. The van der Waals surface area contributed by atoms with Gasteiger partial charge in [-0.05, 0) is 45.2 Å². The van der Waals surface area contributed by atoms with E-state index in [1.807, 2.05) is 0 Å². The predicted octanol–water partition coefficient (Wildman–Crippen LogP) is -0.787. The molecule has 196 valence electrons. The number of hydrogen-bond acceptors (Lipinski definition) is 10. The Hall–Kier alpha value is -1.87. The van der Waals surface area contributed by atoms with Gasteiger partial charge in [0.2, 0.25) is 11.8 Å². The van der Waals surface area contributed by atoms with Gasteiger partial charge in [-0.25, -0.2) is 4.79 Å². The van der Waals surface area contributed by atoms with Crippen molar-refractivity contribution in [1.82, 2.24) is 20.7 Å². The van der Waals surface area contributed by atoms with Crippen LogP contribution in [-0.4, -0.2) is 99.4 Å². The quantitative estimate of drug-likeness (QED) is 0.0823. The summed E-state index contributed by atoms with van der Waals surface area (Å²) in [5.74, 6) is -2.98. The molecule has 12 nitrogen and oxygen atoms in total. The maximum atomic E-state index is 12.5. The second-order valence-corrected chi connectivity index (χ2v) is 9.31. The molecule has 0 unspecified atom stereocenters. The number of ketones is 1. The van der Waals surface area contributed by atoms with E-state index in [0.717, 1.165) is 0 Å². The van der Waals surface area contributed by atoms with E-state index in [2.05, 4.69) is 20.7 Å². The monoisotopic (exact) mass is 524 g/mol. The van der Waals surface area contributed by atoms with Gasteiger partial charge in [0.1, 0.15) is 0 Å². The van der Waals surface area contributed by atoms with Crippen molar-refractivity contribution in [3.63, 3.8) is 0 Å². The highest BCUT2D eigenvalue weighted by Crippen LogP contribution is 2.10. The van der Waals surface area contributed by atoms with Crippen molar-refractivity contribution in [2.24, 2.45) is 0 Å². The number of carbonyl (C=O) groups is 5. The third-order valence-electron chi connectivity index (χ3n) is 4.68. The highest BCUT2D eigenvalue weighted by molar-refractivity contribution is 7.99. The van der Waals surface area contributed by atoms with Gasteiger partial charge in [0.05, 0.1) is 24.2 Å². The van der Waals surface area contributed by atoms with Crippen molar-refractivity contribution in [3.05, 3.63) is 0 Å². The number of carboxylic acids is 2. The Morgan fingerprint density at radius 2 is 1.56 bits per heavy atom. The van der Waals surface area contributed by atoms with Crippen LogP contribution in [0.5, 0.6) is 0 Å². The lowest BCUT2D eigenvalue weighted by molar-refractivity contribution is -0.145. The summed E-state index contributed by atoms with van der Waals surface area (Å²) in [5, 5.41) is 35.5. The van der Waals surface area contributed by atoms with E-state index in [4.69, 9.17) is 10.2 Å². The number of carboxylic acid groups (broad SMARTS) is 2. The fourth-order valence-corrected chi connectivity index (χ4v) is 4.44. The molecule has 0 saturated carbocycles. The van der Waals surface area contributed by atoms with Gasteiger partial charge in [-0.3, -0.25) is 23.9 Å². The second-order valence-electron chi connectivity index (χ2n) is 7.52. The van der Waals surface area contributed by atoms with Gasteiger partial charge in [0.25, 0.3) is 0 Å². The standard InChI is InChI=1S/C20H36N4O8S2/c1-5-21-13(18(29)23-17(12(3)26)20(31)32)8-9-34-10-15(11(2)25)22-19(30)14(24-33-4)6-7-16(27)28/h12-15,17,21,24,26H,5-10H2,1-4H3,(H,22,30)(H,23,29)(H,27,28)(H,31,32)/t12-,13+,14+,15+,17+/m1/s1. The van der Waals surface area contributed by atoms with Gasteiger partial charge < -0.3 is 31.3 Å². The molecule has 0 spiro atoms. The maximum absolute atomic E-state index is 12.5. The molecule has 0 aromatic rings. The van der Waals surface area contributed by atoms with Crippen LogP contribution in [0, 0.1) is 0 Å². The molecule has 0 aliphatic rings. The zero-order valence-electron chi connectivity index (χ0n) is 19.8. The van der Waals surface area contributed by atoms with Crippen LogP contribution in [0.25, 0.3) is 0 Å². The zero-order valence-corrected chi connectivity index (χ0v) is 21.5. The van der Waals surface area contributed by atoms with Crippen molar-refractivity contribution in [3.8, 4) is 0 Å². The number of aliphatic hydroxyl groups excluding tert-OH is 1. The minimum absolute atomic E-state index is 0.0725. The lowest BCUT2D eigenvalue weighted by atomic mass is 10.1. The van der Waals surface area contributed by atoms with E-state index in [0.29, 0.717) is 18.7 Å². The van der Waals surface area contributed by atoms with Crippen LogP contribution in [0.4, 0.5) is 0 Å². The van der Waals surface area contributed by atoms with Gasteiger partial charge in [-0.1, -0.05) is 18.9 Å². The number of thioether (sulfide) groups is 1. The summed E-state index contributed by atoms with van der Waals surface area (Å²) in [4.78, 5) is 59.0. The smallest absolute Gasteiger partial charge is 0.328 e. The molecular formula is C20H36N4O8S2. The summed E-state index contributed by atoms with van der Waals surface area (Å²) in [6.07, 6.45) is 0.637. The third-order valence-corrected chi connectivity index (χ3v) is 6.29. The molecule has 0 saturated heterocycles. The number of amides is 2. The number of Topliss-reactive ketones (excluding diaryl/α,β-unsaturated/α-hetero) is 1. The van der Waals surface area contributed by atoms with Crippen molar-refractivity contribution >= 4 is 53.2 Å². The van der Waals surface area contributed by atoms with E-state index in [1.165, 1.54) is 37.6 Å². The van der Waals surface area contributed by atoms with E-state index in [9.17, 15) is 29.1 Å². The van der Waals surface area contributed by atoms with Crippen LogP contribution < -0.4 is 20.7 Å². The minimum Gasteiger partial charge on any atom is -0.481 e. The predicted molar refractivity (Wildman–Crippen MR) is 131 cm³/mol. The first-order valence-corrected chi connectivity index (χ1v) is 13.2. The Bertz CT molecular complexity index is 695. The van der Waals surface area contributed by atoms with Crippen LogP contribution in [0.2, 0.25) is 0 Å². The third kappa shape index (κ3) is 13.1. The topological polar surface area (TPSA) is 194 Å². The van der Waals surface area contributed by atoms with Gasteiger partial charge >= 0.3 is 11.9 Å². The molecule has 0 heterocycles. The van der Waals surface area contributed by atoms with E-state index < -0.39 is 54.0 Å². The van der Waals surface area contributed by atoms with Crippen LogP contribution in [0.1, 0.15) is 40.0 Å². The lowest BCUT2D eigenvalue weighted by Gasteiger charge is -2.23. The summed E-state index contributed by atoms with van der Waals surface area (Å²) in [5.41, 5.74) is 0. The first-order chi connectivity index (χ1) is 15.9. The Kier molecular flexibility index (Phi) is 16.6. The molecule has 34 heavy (non-hydrogen) atoms. The Labute approximate surface area is 207 Å². The number of rotatable bonds is 19. The summed E-state index contributed by atoms with van der Waals surface area (Å²) in [6.45, 7) is 4.87. The van der Waals surface area contributed by atoms with Crippen molar-refractivity contribution in [2.45, 2.75) is 70.3 Å². The molecule has 2 amide bonds. The minimum atomic E-state index is -1.43. The molecule has 0 aliphatic heterocycles. The second kappa shape index (κ2) is 17.5. The molecule has 0 radical (unpaired) electrons. The van der Waals surface area contributed by atoms with Gasteiger partial charge in [-0.2, -0.15) is 11.8 Å². The van der Waals surface area contributed by atoms with Crippen LogP contribution in [0.3, 0.4) is 0 Å². The van der Waals surface area contributed by atoms with Gasteiger partial charge in [0.15, 0.2) is 11.8 Å². The van der Waals surface area contributed by atoms with E-state index >= 15 is 0 Å². The number of aliphatic hydroxyl groups is 1. The highest BCUT2D eigenvalue weighted by atomic mass is 32.2. The summed E-state index contributed by atoms with van der Waals surface area (Å²) in [6, 6.07) is -3.68. The van der Waals surface area contributed by atoms with Gasteiger partial charge in [-0.15, -0.1) is 0 Å². The highest BCUT2D eigenvalue weighted by Gasteiger charge is 2.28. The largest absolute Gasteiger partial charge is 0.481 e. The lowest BCUT2D eigenvalue weighted by Crippen LogP contribution is -2.54. The number of nitrogens with one attached hydrogen (secondary N) is 4. The fraction of sp³-hybridized carbons (Fsp3) is 0.750. The molecule has 14 heteroatoms. The van der Waals surface area contributed by atoms with Crippen molar-refractivity contribution in [1.29, 1.82) is 0 Å². The Balaban J connectivity index is 4.86. The Morgan fingerprint density at radius 3 is 2.03 bits per heavy atom. The first kappa shape index (κ1) is 32.1. The molecule has 0 aliphatic carbocycles.